The molecule has 2 aromatic rings. The largest absolute Gasteiger partial charge is 0.493 e. The highest BCUT2D eigenvalue weighted by atomic mass is 16.5. The molecule has 0 saturated carbocycles. The van der Waals surface area contributed by atoms with E-state index in [0.717, 1.165) is 18.0 Å². The Balaban J connectivity index is 2.33. The molecule has 0 spiro atoms. The summed E-state index contributed by atoms with van der Waals surface area (Å²) in [6.07, 6.45) is 1.67. The molecule has 0 bridgehead atoms. The highest BCUT2D eigenvalue weighted by Crippen LogP contribution is 2.37. The minimum atomic E-state index is 0.628. The Morgan fingerprint density at radius 2 is 1.90 bits per heavy atom. The third-order valence-corrected chi connectivity index (χ3v) is 3.18. The molecule has 2 rings (SSSR count). The Labute approximate surface area is 118 Å². The quantitative estimate of drug-likeness (QED) is 0.822. The van der Waals surface area contributed by atoms with E-state index >= 15 is 0 Å². The maximum absolute atomic E-state index is 6.12. The van der Waals surface area contributed by atoms with E-state index in [2.05, 4.69) is 11.8 Å². The maximum atomic E-state index is 6.12. The van der Waals surface area contributed by atoms with Crippen LogP contribution in [0.25, 0.3) is 0 Å². The van der Waals surface area contributed by atoms with Crippen molar-refractivity contribution in [3.8, 4) is 11.5 Å². The van der Waals surface area contributed by atoms with Crippen LogP contribution in [-0.4, -0.2) is 20.8 Å². The first-order valence-corrected chi connectivity index (χ1v) is 6.48. The van der Waals surface area contributed by atoms with Gasteiger partial charge in [-0.1, -0.05) is 0 Å². The fourth-order valence-corrected chi connectivity index (χ4v) is 2.12. The second-order valence-electron chi connectivity index (χ2n) is 4.36. The monoisotopic (exact) mass is 276 g/mol. The number of hydrogen-bond donors (Lipinski definition) is 1. The number of hydrogen-bond acceptors (Lipinski definition) is 5. The Kier molecular flexibility index (Phi) is 4.40. The number of nitrogens with zero attached hydrogens (tertiary/aromatic N) is 1. The van der Waals surface area contributed by atoms with Gasteiger partial charge in [-0.2, -0.15) is 0 Å². The van der Waals surface area contributed by atoms with Gasteiger partial charge in [-0.25, -0.2) is 0 Å². The second kappa shape index (κ2) is 6.23. The molecule has 0 aliphatic heterocycles. The van der Waals surface area contributed by atoms with E-state index in [1.54, 1.807) is 26.5 Å². The summed E-state index contributed by atoms with van der Waals surface area (Å²) >= 11 is 0. The number of nitrogen functional groups attached to an aromatic ring is 1. The summed E-state index contributed by atoms with van der Waals surface area (Å²) < 4.78 is 16.0. The molecule has 0 fully saturated rings. The lowest BCUT2D eigenvalue weighted by molar-refractivity contribution is 0.355. The van der Waals surface area contributed by atoms with E-state index in [9.17, 15) is 0 Å². The molecule has 0 unspecified atom stereocenters. The third-order valence-electron chi connectivity index (χ3n) is 3.18. The van der Waals surface area contributed by atoms with Gasteiger partial charge in [-0.3, -0.25) is 0 Å². The van der Waals surface area contributed by atoms with Crippen LogP contribution in [0.3, 0.4) is 0 Å². The maximum Gasteiger partial charge on any atom is 0.162 e. The molecule has 0 aliphatic carbocycles. The summed E-state index contributed by atoms with van der Waals surface area (Å²) in [5.41, 5.74) is 7.67. The number of rotatable bonds is 6. The first-order chi connectivity index (χ1) is 9.69. The Morgan fingerprint density at radius 3 is 2.45 bits per heavy atom. The predicted octanol–water partition coefficient (Wildman–Crippen LogP) is 2.91. The molecule has 0 amide bonds. The SMILES string of the molecule is CCN(Cc1ccco1)c1cc(OC)c(OC)cc1N. The van der Waals surface area contributed by atoms with Gasteiger partial charge in [0, 0.05) is 18.7 Å². The molecule has 5 nitrogen and oxygen atoms in total. The van der Waals surface area contributed by atoms with Gasteiger partial charge in [0.1, 0.15) is 5.76 Å². The normalized spacial score (nSPS) is 10.3. The number of nitrogens with two attached hydrogens (primary N) is 1. The number of ether oxygens (including phenoxy) is 2. The zero-order valence-electron chi connectivity index (χ0n) is 12.1. The van der Waals surface area contributed by atoms with E-state index < -0.39 is 0 Å². The van der Waals surface area contributed by atoms with Gasteiger partial charge in [0.05, 0.1) is 38.4 Å². The van der Waals surface area contributed by atoms with Crippen LogP contribution >= 0.6 is 0 Å². The summed E-state index contributed by atoms with van der Waals surface area (Å²) in [6.45, 7) is 3.53. The van der Waals surface area contributed by atoms with Crippen LogP contribution in [0, 0.1) is 0 Å². The average Bonchev–Trinajstić information content (AvgIpc) is 2.97. The summed E-state index contributed by atoms with van der Waals surface area (Å²) in [5.74, 6) is 2.18. The molecule has 5 heteroatoms. The number of benzene rings is 1. The van der Waals surface area contributed by atoms with Crippen molar-refractivity contribution in [2.45, 2.75) is 13.5 Å². The Morgan fingerprint density at radius 1 is 1.20 bits per heavy atom. The van der Waals surface area contributed by atoms with Crippen molar-refractivity contribution in [3.63, 3.8) is 0 Å². The minimum Gasteiger partial charge on any atom is -0.493 e. The minimum absolute atomic E-state index is 0.628. The Hall–Kier alpha value is -2.30. The van der Waals surface area contributed by atoms with Gasteiger partial charge < -0.3 is 24.5 Å². The molecule has 0 atom stereocenters. The third kappa shape index (κ3) is 2.82. The molecular formula is C15H20N2O3. The molecule has 1 heterocycles. The van der Waals surface area contributed by atoms with Crippen molar-refractivity contribution in [1.29, 1.82) is 0 Å². The summed E-state index contributed by atoms with van der Waals surface area (Å²) in [5, 5.41) is 0. The fraction of sp³-hybridized carbons (Fsp3) is 0.333. The number of anilines is 2. The molecule has 108 valence electrons. The average molecular weight is 276 g/mol. The van der Waals surface area contributed by atoms with Gasteiger partial charge in [0.25, 0.3) is 0 Å². The van der Waals surface area contributed by atoms with Crippen molar-refractivity contribution in [3.05, 3.63) is 36.3 Å². The van der Waals surface area contributed by atoms with Crippen molar-refractivity contribution < 1.29 is 13.9 Å². The van der Waals surface area contributed by atoms with Crippen LogP contribution in [0.5, 0.6) is 11.5 Å². The standard InChI is InChI=1S/C15H20N2O3/c1-4-17(10-11-6-5-7-20-11)13-9-15(19-3)14(18-2)8-12(13)16/h5-9H,4,10,16H2,1-3H3. The van der Waals surface area contributed by atoms with Gasteiger partial charge in [-0.05, 0) is 19.1 Å². The predicted molar refractivity (Wildman–Crippen MR) is 79.4 cm³/mol. The molecule has 20 heavy (non-hydrogen) atoms. The van der Waals surface area contributed by atoms with Crippen LogP contribution in [0.4, 0.5) is 11.4 Å². The zero-order valence-corrected chi connectivity index (χ0v) is 12.1. The van der Waals surface area contributed by atoms with Crippen LogP contribution in [0.2, 0.25) is 0 Å². The number of furan rings is 1. The van der Waals surface area contributed by atoms with Crippen molar-refractivity contribution in [2.75, 3.05) is 31.4 Å². The van der Waals surface area contributed by atoms with Gasteiger partial charge in [0.2, 0.25) is 0 Å². The van der Waals surface area contributed by atoms with Gasteiger partial charge in [-0.15, -0.1) is 0 Å². The van der Waals surface area contributed by atoms with Crippen molar-refractivity contribution in [2.24, 2.45) is 0 Å². The van der Waals surface area contributed by atoms with E-state index in [4.69, 9.17) is 19.6 Å². The fourth-order valence-electron chi connectivity index (χ4n) is 2.12. The zero-order chi connectivity index (χ0) is 14.5. The summed E-state index contributed by atoms with van der Waals surface area (Å²) in [4.78, 5) is 2.12. The lowest BCUT2D eigenvalue weighted by Crippen LogP contribution is -2.23. The Bertz CT molecular complexity index is 552. The van der Waals surface area contributed by atoms with Crippen LogP contribution in [-0.2, 0) is 6.54 Å². The second-order valence-corrected chi connectivity index (χ2v) is 4.36. The summed E-state index contributed by atoms with van der Waals surface area (Å²) in [6, 6.07) is 7.49. The molecule has 0 aliphatic rings. The van der Waals surface area contributed by atoms with Gasteiger partial charge in [0.15, 0.2) is 11.5 Å². The smallest absolute Gasteiger partial charge is 0.162 e. The molecule has 1 aromatic carbocycles. The lowest BCUT2D eigenvalue weighted by Gasteiger charge is -2.24. The van der Waals surface area contributed by atoms with Crippen LogP contribution in [0.1, 0.15) is 12.7 Å². The molecule has 0 radical (unpaired) electrons. The van der Waals surface area contributed by atoms with Gasteiger partial charge >= 0.3 is 0 Å². The highest BCUT2D eigenvalue weighted by Gasteiger charge is 2.15. The first kappa shape index (κ1) is 14.1. The lowest BCUT2D eigenvalue weighted by atomic mass is 10.2. The molecule has 0 saturated heterocycles. The van der Waals surface area contributed by atoms with E-state index in [-0.39, 0.29) is 0 Å². The van der Waals surface area contributed by atoms with Crippen LogP contribution in [0.15, 0.2) is 34.9 Å². The van der Waals surface area contributed by atoms with Crippen molar-refractivity contribution >= 4 is 11.4 Å². The van der Waals surface area contributed by atoms with E-state index in [0.29, 0.717) is 23.7 Å². The first-order valence-electron chi connectivity index (χ1n) is 6.48. The van der Waals surface area contributed by atoms with E-state index in [1.165, 1.54) is 0 Å². The highest BCUT2D eigenvalue weighted by molar-refractivity contribution is 5.73. The number of methoxy groups -OCH3 is 2. The summed E-state index contributed by atoms with van der Waals surface area (Å²) in [7, 11) is 3.21. The van der Waals surface area contributed by atoms with E-state index in [1.807, 2.05) is 18.2 Å². The topological polar surface area (TPSA) is 60.9 Å². The molecular weight excluding hydrogens is 256 g/mol. The van der Waals surface area contributed by atoms with Crippen molar-refractivity contribution in [1.82, 2.24) is 0 Å². The molecule has 2 N–H and O–H groups in total. The molecule has 1 aromatic heterocycles. The van der Waals surface area contributed by atoms with Crippen LogP contribution < -0.4 is 20.1 Å².